The zero-order valence-corrected chi connectivity index (χ0v) is 12.4. The smallest absolute Gasteiger partial charge is 0.0230 e. The van der Waals surface area contributed by atoms with Crippen LogP contribution in [0.1, 0.15) is 25.0 Å². The minimum Gasteiger partial charge on any atom is -0.302 e. The van der Waals surface area contributed by atoms with Gasteiger partial charge in [-0.25, -0.2) is 0 Å². The Morgan fingerprint density at radius 3 is 2.24 bits per heavy atom. The van der Waals surface area contributed by atoms with Gasteiger partial charge in [0.05, 0.1) is 0 Å². The Hall–Kier alpha value is -0.470. The van der Waals surface area contributed by atoms with Gasteiger partial charge in [0.25, 0.3) is 0 Å². The molecule has 17 heavy (non-hydrogen) atoms. The van der Waals surface area contributed by atoms with Crippen LogP contribution in [0, 0.1) is 18.8 Å². The van der Waals surface area contributed by atoms with E-state index >= 15 is 0 Å². The number of thiol groups is 1. The molecule has 0 aromatic heterocycles. The molecule has 0 aliphatic carbocycles. The third kappa shape index (κ3) is 5.13. The zero-order chi connectivity index (χ0) is 12.8. The van der Waals surface area contributed by atoms with Crippen LogP contribution in [0.3, 0.4) is 0 Å². The number of hydrogen-bond acceptors (Lipinski definition) is 2. The fourth-order valence-corrected chi connectivity index (χ4v) is 2.49. The first-order valence-corrected chi connectivity index (χ1v) is 7.01. The van der Waals surface area contributed by atoms with Crippen LogP contribution in [0.4, 0.5) is 0 Å². The van der Waals surface area contributed by atoms with E-state index in [2.05, 4.69) is 69.6 Å². The first-order valence-electron chi connectivity index (χ1n) is 6.38. The maximum Gasteiger partial charge on any atom is 0.0230 e. The molecule has 0 radical (unpaired) electrons. The molecule has 2 heteroatoms. The van der Waals surface area contributed by atoms with Gasteiger partial charge in [-0.05, 0) is 37.1 Å². The maximum absolute atomic E-state index is 4.44. The predicted octanol–water partition coefficient (Wildman–Crippen LogP) is 3.63. The molecule has 1 rings (SSSR count). The average Bonchev–Trinajstić information content (AvgIpc) is 2.28. The van der Waals surface area contributed by atoms with Crippen LogP contribution < -0.4 is 0 Å². The number of benzene rings is 1. The molecule has 1 aromatic rings. The summed E-state index contributed by atoms with van der Waals surface area (Å²) in [6.45, 7) is 8.83. The molecule has 0 aliphatic heterocycles. The molecule has 0 saturated carbocycles. The first-order chi connectivity index (χ1) is 8.02. The standard InChI is InChI=1S/C15H25NS/c1-12(2)15(11-17)10-16(4)9-14-7-5-13(3)6-8-14/h5-8,12,15,17H,9-11H2,1-4H3. The summed E-state index contributed by atoms with van der Waals surface area (Å²) in [7, 11) is 2.19. The molecule has 96 valence electrons. The first kappa shape index (κ1) is 14.6. The lowest BCUT2D eigenvalue weighted by Crippen LogP contribution is -2.29. The van der Waals surface area contributed by atoms with E-state index in [-0.39, 0.29) is 0 Å². The van der Waals surface area contributed by atoms with E-state index in [1.807, 2.05) is 0 Å². The molecule has 0 N–H and O–H groups in total. The van der Waals surface area contributed by atoms with E-state index in [0.717, 1.165) is 18.8 Å². The molecule has 0 bridgehead atoms. The Morgan fingerprint density at radius 1 is 1.18 bits per heavy atom. The molecular formula is C15H25NS. The Labute approximate surface area is 112 Å². The summed E-state index contributed by atoms with van der Waals surface area (Å²) in [6, 6.07) is 8.80. The molecule has 0 amide bonds. The normalized spacial score (nSPS) is 13.4. The Balaban J connectivity index is 2.48. The van der Waals surface area contributed by atoms with Crippen LogP contribution in [0.25, 0.3) is 0 Å². The van der Waals surface area contributed by atoms with E-state index in [9.17, 15) is 0 Å². The summed E-state index contributed by atoms with van der Waals surface area (Å²) in [5, 5.41) is 0. The van der Waals surface area contributed by atoms with Crippen LogP contribution in [-0.2, 0) is 6.54 Å². The van der Waals surface area contributed by atoms with Gasteiger partial charge >= 0.3 is 0 Å². The van der Waals surface area contributed by atoms with Crippen LogP contribution in [-0.4, -0.2) is 24.2 Å². The van der Waals surface area contributed by atoms with Crippen molar-refractivity contribution in [2.24, 2.45) is 11.8 Å². The largest absolute Gasteiger partial charge is 0.302 e. The van der Waals surface area contributed by atoms with Crippen LogP contribution in [0.15, 0.2) is 24.3 Å². The Kier molecular flexibility index (Phi) is 6.07. The second-order valence-corrected chi connectivity index (χ2v) is 5.73. The fraction of sp³-hybridized carbons (Fsp3) is 0.600. The summed E-state index contributed by atoms with van der Waals surface area (Å²) in [6.07, 6.45) is 0. The van der Waals surface area contributed by atoms with Crippen LogP contribution >= 0.6 is 12.6 Å². The lowest BCUT2D eigenvalue weighted by molar-refractivity contribution is 0.246. The molecule has 1 nitrogen and oxygen atoms in total. The number of rotatable bonds is 6. The number of nitrogens with zero attached hydrogens (tertiary/aromatic N) is 1. The molecule has 1 unspecified atom stereocenters. The summed E-state index contributed by atoms with van der Waals surface area (Å²) in [4.78, 5) is 2.39. The molecule has 0 fully saturated rings. The molecule has 0 heterocycles. The molecule has 0 spiro atoms. The summed E-state index contributed by atoms with van der Waals surface area (Å²) < 4.78 is 0. The molecule has 1 aromatic carbocycles. The van der Waals surface area contributed by atoms with Gasteiger partial charge in [-0.3, -0.25) is 0 Å². The SMILES string of the molecule is Cc1ccc(CN(C)CC(CS)C(C)C)cc1. The minimum atomic E-state index is 0.675. The van der Waals surface area contributed by atoms with Crippen molar-refractivity contribution >= 4 is 12.6 Å². The monoisotopic (exact) mass is 251 g/mol. The van der Waals surface area contributed by atoms with Crippen molar-refractivity contribution in [2.45, 2.75) is 27.3 Å². The lowest BCUT2D eigenvalue weighted by Gasteiger charge is -2.25. The minimum absolute atomic E-state index is 0.675. The van der Waals surface area contributed by atoms with Gasteiger partial charge in [-0.15, -0.1) is 0 Å². The van der Waals surface area contributed by atoms with Gasteiger partial charge in [-0.2, -0.15) is 12.6 Å². The van der Waals surface area contributed by atoms with Crippen molar-refractivity contribution < 1.29 is 0 Å². The van der Waals surface area contributed by atoms with Gasteiger partial charge in [0.2, 0.25) is 0 Å². The summed E-state index contributed by atoms with van der Waals surface area (Å²) >= 11 is 4.44. The van der Waals surface area contributed by atoms with Gasteiger partial charge in [0, 0.05) is 13.1 Å². The van der Waals surface area contributed by atoms with Gasteiger partial charge in [-0.1, -0.05) is 43.7 Å². The Morgan fingerprint density at radius 2 is 1.76 bits per heavy atom. The highest BCUT2D eigenvalue weighted by atomic mass is 32.1. The molecule has 0 aliphatic rings. The zero-order valence-electron chi connectivity index (χ0n) is 11.5. The van der Waals surface area contributed by atoms with Crippen molar-refractivity contribution in [1.29, 1.82) is 0 Å². The number of hydrogen-bond donors (Lipinski definition) is 1. The highest BCUT2D eigenvalue weighted by molar-refractivity contribution is 7.80. The van der Waals surface area contributed by atoms with E-state index in [0.29, 0.717) is 11.8 Å². The van der Waals surface area contributed by atoms with Crippen LogP contribution in [0.2, 0.25) is 0 Å². The van der Waals surface area contributed by atoms with E-state index in [1.54, 1.807) is 0 Å². The fourth-order valence-electron chi connectivity index (χ4n) is 1.95. The second kappa shape index (κ2) is 7.07. The maximum atomic E-state index is 4.44. The van der Waals surface area contributed by atoms with Crippen molar-refractivity contribution in [3.05, 3.63) is 35.4 Å². The predicted molar refractivity (Wildman–Crippen MR) is 79.7 cm³/mol. The van der Waals surface area contributed by atoms with E-state index in [4.69, 9.17) is 0 Å². The summed E-state index contributed by atoms with van der Waals surface area (Å²) in [5.41, 5.74) is 2.71. The van der Waals surface area contributed by atoms with Gasteiger partial charge in [0.15, 0.2) is 0 Å². The molecule has 1 atom stereocenters. The number of aryl methyl sites for hydroxylation is 1. The Bertz CT molecular complexity index is 318. The third-order valence-corrected chi connectivity index (χ3v) is 3.77. The quantitative estimate of drug-likeness (QED) is 0.756. The average molecular weight is 251 g/mol. The second-order valence-electron chi connectivity index (χ2n) is 5.37. The lowest BCUT2D eigenvalue weighted by atomic mass is 9.97. The van der Waals surface area contributed by atoms with E-state index < -0.39 is 0 Å². The highest BCUT2D eigenvalue weighted by Crippen LogP contribution is 2.15. The van der Waals surface area contributed by atoms with E-state index in [1.165, 1.54) is 11.1 Å². The van der Waals surface area contributed by atoms with Crippen molar-refractivity contribution in [3.8, 4) is 0 Å². The highest BCUT2D eigenvalue weighted by Gasteiger charge is 2.13. The van der Waals surface area contributed by atoms with Crippen molar-refractivity contribution in [3.63, 3.8) is 0 Å². The topological polar surface area (TPSA) is 3.24 Å². The van der Waals surface area contributed by atoms with Gasteiger partial charge in [0.1, 0.15) is 0 Å². The van der Waals surface area contributed by atoms with Gasteiger partial charge < -0.3 is 4.90 Å². The molecule has 0 saturated heterocycles. The van der Waals surface area contributed by atoms with Crippen molar-refractivity contribution in [1.82, 2.24) is 4.90 Å². The third-order valence-electron chi connectivity index (χ3n) is 3.30. The van der Waals surface area contributed by atoms with Crippen LogP contribution in [0.5, 0.6) is 0 Å². The summed E-state index contributed by atoms with van der Waals surface area (Å²) in [5.74, 6) is 2.34. The molecular weight excluding hydrogens is 226 g/mol. The van der Waals surface area contributed by atoms with Crippen molar-refractivity contribution in [2.75, 3.05) is 19.3 Å².